The van der Waals surface area contributed by atoms with Crippen molar-refractivity contribution in [1.82, 2.24) is 4.90 Å². The highest BCUT2D eigenvalue weighted by atomic mass is 19.1. The zero-order valence-electron chi connectivity index (χ0n) is 14.5. The molecule has 1 aliphatic rings. The normalized spacial score (nSPS) is 16.1. The Morgan fingerprint density at radius 1 is 1.23 bits per heavy atom. The summed E-state index contributed by atoms with van der Waals surface area (Å²) in [5, 5.41) is 3.87. The third kappa shape index (κ3) is 4.45. The molecule has 1 amide bonds. The maximum Gasteiger partial charge on any atom is 0.226 e. The minimum Gasteiger partial charge on any atom is -0.391 e. The molecule has 1 unspecified atom stereocenters. The lowest BCUT2D eigenvalue weighted by Gasteiger charge is -2.18. The lowest BCUT2D eigenvalue weighted by atomic mass is 10.0. The van der Waals surface area contributed by atoms with E-state index in [-0.39, 0.29) is 17.9 Å². The molecular formula is C20H20F2N2O2. The molecule has 0 saturated heterocycles. The van der Waals surface area contributed by atoms with Gasteiger partial charge in [-0.15, -0.1) is 0 Å². The van der Waals surface area contributed by atoms with Gasteiger partial charge in [-0.3, -0.25) is 4.79 Å². The number of rotatable bonds is 6. The van der Waals surface area contributed by atoms with Gasteiger partial charge < -0.3 is 9.74 Å². The number of benzene rings is 2. The Labute approximate surface area is 151 Å². The van der Waals surface area contributed by atoms with Gasteiger partial charge in [-0.25, -0.2) is 8.78 Å². The van der Waals surface area contributed by atoms with Crippen LogP contribution >= 0.6 is 0 Å². The lowest BCUT2D eigenvalue weighted by Crippen LogP contribution is -2.31. The number of hydrogen-bond donors (Lipinski definition) is 0. The Balaban J connectivity index is 1.50. The molecule has 26 heavy (non-hydrogen) atoms. The predicted octanol–water partition coefficient (Wildman–Crippen LogP) is 3.55. The topological polar surface area (TPSA) is 41.9 Å². The molecule has 3 rings (SSSR count). The summed E-state index contributed by atoms with van der Waals surface area (Å²) in [5.41, 5.74) is 1.77. The minimum atomic E-state index is -0.681. The number of hydrogen-bond acceptors (Lipinski definition) is 3. The summed E-state index contributed by atoms with van der Waals surface area (Å²) >= 11 is 0. The van der Waals surface area contributed by atoms with Gasteiger partial charge in [-0.1, -0.05) is 35.5 Å². The van der Waals surface area contributed by atoms with Crippen LogP contribution in [0.2, 0.25) is 0 Å². The maximum absolute atomic E-state index is 13.8. The fourth-order valence-corrected chi connectivity index (χ4v) is 2.84. The highest BCUT2D eigenvalue weighted by molar-refractivity contribution is 6.01. The van der Waals surface area contributed by atoms with Crippen LogP contribution in [0.15, 0.2) is 53.7 Å². The molecule has 4 nitrogen and oxygen atoms in total. The first-order valence-electron chi connectivity index (χ1n) is 8.49. The van der Waals surface area contributed by atoms with Crippen LogP contribution < -0.4 is 0 Å². The van der Waals surface area contributed by atoms with Crippen LogP contribution in [0.25, 0.3) is 0 Å². The smallest absolute Gasteiger partial charge is 0.226 e. The molecule has 0 aliphatic carbocycles. The highest BCUT2D eigenvalue weighted by Gasteiger charge is 2.27. The number of carbonyl (C=O) groups is 1. The van der Waals surface area contributed by atoms with Crippen molar-refractivity contribution in [3.05, 3.63) is 71.3 Å². The molecule has 136 valence electrons. The zero-order chi connectivity index (χ0) is 18.5. The SMILES string of the molecule is CN(CCc1ccccc1)C(=O)CC1CC(c2ccc(F)cc2F)=NO1. The van der Waals surface area contributed by atoms with Gasteiger partial charge in [0.1, 0.15) is 17.7 Å². The first kappa shape index (κ1) is 18.0. The van der Waals surface area contributed by atoms with Crippen LogP contribution in [-0.4, -0.2) is 36.2 Å². The molecule has 0 aromatic heterocycles. The van der Waals surface area contributed by atoms with E-state index in [1.807, 2.05) is 30.3 Å². The Morgan fingerprint density at radius 3 is 2.73 bits per heavy atom. The molecule has 2 aromatic rings. The Kier molecular flexibility index (Phi) is 5.61. The van der Waals surface area contributed by atoms with Crippen molar-refractivity contribution in [2.75, 3.05) is 13.6 Å². The highest BCUT2D eigenvalue weighted by Crippen LogP contribution is 2.22. The summed E-state index contributed by atoms with van der Waals surface area (Å²) in [5.74, 6) is -1.38. The Hall–Kier alpha value is -2.76. The number of oxime groups is 1. The zero-order valence-corrected chi connectivity index (χ0v) is 14.5. The van der Waals surface area contributed by atoms with Gasteiger partial charge >= 0.3 is 0 Å². The van der Waals surface area contributed by atoms with E-state index in [0.717, 1.165) is 12.5 Å². The lowest BCUT2D eigenvalue weighted by molar-refractivity contribution is -0.132. The summed E-state index contributed by atoms with van der Waals surface area (Å²) in [6, 6.07) is 13.3. The van der Waals surface area contributed by atoms with E-state index < -0.39 is 17.7 Å². The van der Waals surface area contributed by atoms with Gasteiger partial charge in [0.25, 0.3) is 0 Å². The second-order valence-corrected chi connectivity index (χ2v) is 6.35. The predicted molar refractivity (Wildman–Crippen MR) is 94.8 cm³/mol. The Bertz CT molecular complexity index is 809. The van der Waals surface area contributed by atoms with Crippen molar-refractivity contribution in [3.8, 4) is 0 Å². The molecule has 1 heterocycles. The number of halogens is 2. The minimum absolute atomic E-state index is 0.0537. The molecule has 0 fully saturated rings. The fourth-order valence-electron chi connectivity index (χ4n) is 2.84. The molecule has 1 atom stereocenters. The van der Waals surface area contributed by atoms with E-state index in [4.69, 9.17) is 4.84 Å². The van der Waals surface area contributed by atoms with Gasteiger partial charge in [0.15, 0.2) is 0 Å². The quantitative estimate of drug-likeness (QED) is 0.792. The standard InChI is InChI=1S/C20H20F2N2O2/c1-24(10-9-14-5-3-2-4-6-14)20(25)13-16-12-19(23-26-16)17-8-7-15(21)11-18(17)22/h2-8,11,16H,9-10,12-13H2,1H3. The van der Waals surface area contributed by atoms with Crippen molar-refractivity contribution in [1.29, 1.82) is 0 Å². The van der Waals surface area contributed by atoms with E-state index in [9.17, 15) is 13.6 Å². The number of nitrogens with zero attached hydrogens (tertiary/aromatic N) is 2. The van der Waals surface area contributed by atoms with Gasteiger partial charge in [-0.2, -0.15) is 0 Å². The second-order valence-electron chi connectivity index (χ2n) is 6.35. The third-order valence-corrected chi connectivity index (χ3v) is 4.38. The summed E-state index contributed by atoms with van der Waals surface area (Å²) in [7, 11) is 1.75. The van der Waals surface area contributed by atoms with Crippen molar-refractivity contribution < 1.29 is 18.4 Å². The second kappa shape index (κ2) is 8.08. The largest absolute Gasteiger partial charge is 0.391 e. The molecule has 0 spiro atoms. The van der Waals surface area contributed by atoms with Crippen LogP contribution in [0.4, 0.5) is 8.78 Å². The monoisotopic (exact) mass is 358 g/mol. The van der Waals surface area contributed by atoms with Crippen LogP contribution in [-0.2, 0) is 16.1 Å². The number of carbonyl (C=O) groups excluding carboxylic acids is 1. The van der Waals surface area contributed by atoms with Crippen LogP contribution in [0, 0.1) is 11.6 Å². The van der Waals surface area contributed by atoms with E-state index in [1.54, 1.807) is 11.9 Å². The van der Waals surface area contributed by atoms with Crippen molar-refractivity contribution in [2.24, 2.45) is 5.16 Å². The van der Waals surface area contributed by atoms with Gasteiger partial charge in [0.2, 0.25) is 5.91 Å². The van der Waals surface area contributed by atoms with E-state index in [1.165, 1.54) is 17.7 Å². The van der Waals surface area contributed by atoms with Crippen LogP contribution in [0.3, 0.4) is 0 Å². The van der Waals surface area contributed by atoms with Crippen molar-refractivity contribution >= 4 is 11.6 Å². The van der Waals surface area contributed by atoms with E-state index >= 15 is 0 Å². The number of amides is 1. The summed E-state index contributed by atoms with van der Waals surface area (Å²) < 4.78 is 26.8. The maximum atomic E-state index is 13.8. The van der Waals surface area contributed by atoms with Crippen LogP contribution in [0.5, 0.6) is 0 Å². The Morgan fingerprint density at radius 2 is 2.00 bits per heavy atom. The first-order valence-corrected chi connectivity index (χ1v) is 8.49. The molecule has 0 saturated carbocycles. The van der Waals surface area contributed by atoms with Crippen molar-refractivity contribution in [2.45, 2.75) is 25.4 Å². The van der Waals surface area contributed by atoms with E-state index in [2.05, 4.69) is 5.16 Å². The van der Waals surface area contributed by atoms with Crippen molar-refractivity contribution in [3.63, 3.8) is 0 Å². The molecule has 1 aliphatic heterocycles. The molecule has 0 bridgehead atoms. The number of likely N-dealkylation sites (N-methyl/N-ethyl adjacent to an activating group) is 1. The summed E-state index contributed by atoms with van der Waals surface area (Å²) in [6.07, 6.45) is 0.833. The molecule has 6 heteroatoms. The first-order chi connectivity index (χ1) is 12.5. The third-order valence-electron chi connectivity index (χ3n) is 4.38. The average molecular weight is 358 g/mol. The fraction of sp³-hybridized carbons (Fsp3) is 0.300. The summed E-state index contributed by atoms with van der Waals surface area (Å²) in [4.78, 5) is 19.3. The molecular weight excluding hydrogens is 338 g/mol. The van der Waals surface area contributed by atoms with Gasteiger partial charge in [-0.05, 0) is 24.1 Å². The summed E-state index contributed by atoms with van der Waals surface area (Å²) in [6.45, 7) is 0.607. The molecule has 0 radical (unpaired) electrons. The molecule has 2 aromatic carbocycles. The van der Waals surface area contributed by atoms with E-state index in [0.29, 0.717) is 18.7 Å². The van der Waals surface area contributed by atoms with Gasteiger partial charge in [0.05, 0.1) is 12.1 Å². The van der Waals surface area contributed by atoms with Crippen LogP contribution in [0.1, 0.15) is 24.0 Å². The average Bonchev–Trinajstić information content (AvgIpc) is 3.08. The van der Waals surface area contributed by atoms with Gasteiger partial charge in [0, 0.05) is 31.6 Å². The molecule has 0 N–H and O–H groups in total.